The van der Waals surface area contributed by atoms with Crippen molar-refractivity contribution >= 4 is 5.97 Å². The lowest BCUT2D eigenvalue weighted by atomic mass is 9.83. The van der Waals surface area contributed by atoms with E-state index < -0.39 is 11.9 Å². The number of fused-ring (bicyclic) bond motifs is 1. The minimum absolute atomic E-state index is 0.00871. The summed E-state index contributed by atoms with van der Waals surface area (Å²) in [4.78, 5) is 12.6. The van der Waals surface area contributed by atoms with Crippen LogP contribution < -0.4 is 24.7 Å². The van der Waals surface area contributed by atoms with Crippen LogP contribution in [0.5, 0.6) is 23.0 Å². The van der Waals surface area contributed by atoms with Crippen molar-refractivity contribution in [2.75, 3.05) is 13.7 Å². The van der Waals surface area contributed by atoms with Crippen LogP contribution in [0.1, 0.15) is 27.4 Å². The highest BCUT2D eigenvalue weighted by atomic mass is 16.5. The average molecular weight is 454 g/mol. The molecule has 0 aliphatic carbocycles. The first kappa shape index (κ1) is 22.5. The summed E-state index contributed by atoms with van der Waals surface area (Å²) < 4.78 is 21.9. The van der Waals surface area contributed by atoms with Crippen LogP contribution in [0.4, 0.5) is 0 Å². The molecular weight excluding hydrogens is 432 g/mol. The zero-order chi connectivity index (χ0) is 24.1. The fourth-order valence-electron chi connectivity index (χ4n) is 3.65. The minimum atomic E-state index is -0.529. The number of benzene rings is 3. The number of hydrogen-bond acceptors (Lipinski definition) is 7. The van der Waals surface area contributed by atoms with Gasteiger partial charge in [-0.3, -0.25) is 0 Å². The maximum atomic E-state index is 12.6. The number of nitrogens with zero attached hydrogens (tertiary/aromatic N) is 1. The summed E-state index contributed by atoms with van der Waals surface area (Å²) in [5, 5.41) is 9.71. The van der Waals surface area contributed by atoms with Gasteiger partial charge in [0.2, 0.25) is 5.88 Å². The SMILES string of the molecule is C=CCOc1ccc(C(=O)Oc2ccc3c(c2)OC(N)=C(C#N)C3c2ccc(OC)cc2)cc1. The number of carbonyl (C=O) groups excluding carboxylic acids is 1. The van der Waals surface area contributed by atoms with Crippen LogP contribution in [0.2, 0.25) is 0 Å². The summed E-state index contributed by atoms with van der Waals surface area (Å²) in [6, 6.07) is 21.2. The number of nitriles is 1. The second-order valence-corrected chi connectivity index (χ2v) is 7.41. The van der Waals surface area contributed by atoms with Crippen LogP contribution in [0, 0.1) is 11.3 Å². The van der Waals surface area contributed by atoms with Crippen LogP contribution in [0.3, 0.4) is 0 Å². The molecule has 3 aromatic rings. The predicted octanol–water partition coefficient (Wildman–Crippen LogP) is 4.70. The van der Waals surface area contributed by atoms with E-state index in [4.69, 9.17) is 24.7 Å². The Hall–Kier alpha value is -4.70. The number of rotatable bonds is 7. The molecule has 1 aliphatic heterocycles. The number of ether oxygens (including phenoxy) is 4. The van der Waals surface area contributed by atoms with Gasteiger partial charge in [-0.2, -0.15) is 5.26 Å². The maximum Gasteiger partial charge on any atom is 0.343 e. The number of methoxy groups -OCH3 is 1. The summed E-state index contributed by atoms with van der Waals surface area (Å²) in [6.45, 7) is 3.98. The molecule has 170 valence electrons. The first-order valence-electron chi connectivity index (χ1n) is 10.5. The second-order valence-electron chi connectivity index (χ2n) is 7.41. The molecule has 1 unspecified atom stereocenters. The third-order valence-corrected chi connectivity index (χ3v) is 5.31. The van der Waals surface area contributed by atoms with Gasteiger partial charge in [-0.1, -0.05) is 30.9 Å². The number of nitrogens with two attached hydrogens (primary N) is 1. The van der Waals surface area contributed by atoms with Crippen LogP contribution in [-0.4, -0.2) is 19.7 Å². The van der Waals surface area contributed by atoms with Gasteiger partial charge in [-0.05, 0) is 48.0 Å². The third kappa shape index (κ3) is 4.57. The summed E-state index contributed by atoms with van der Waals surface area (Å²) >= 11 is 0. The lowest BCUT2D eigenvalue weighted by Crippen LogP contribution is -2.21. The smallest absolute Gasteiger partial charge is 0.343 e. The van der Waals surface area contributed by atoms with E-state index in [-0.39, 0.29) is 11.6 Å². The Morgan fingerprint density at radius 3 is 2.41 bits per heavy atom. The molecule has 4 rings (SSSR count). The van der Waals surface area contributed by atoms with Crippen molar-refractivity contribution in [1.29, 1.82) is 5.26 Å². The molecule has 0 amide bonds. The van der Waals surface area contributed by atoms with E-state index in [2.05, 4.69) is 12.6 Å². The second kappa shape index (κ2) is 9.84. The lowest BCUT2D eigenvalue weighted by Gasteiger charge is -2.26. The van der Waals surface area contributed by atoms with E-state index in [1.165, 1.54) is 0 Å². The molecule has 7 nitrogen and oxygen atoms in total. The molecular formula is C27H22N2O5. The Bertz CT molecular complexity index is 1290. The Labute approximate surface area is 197 Å². The largest absolute Gasteiger partial charge is 0.497 e. The molecule has 0 fully saturated rings. The Morgan fingerprint density at radius 1 is 1.09 bits per heavy atom. The molecule has 0 saturated heterocycles. The summed E-state index contributed by atoms with van der Waals surface area (Å²) in [5.41, 5.74) is 8.33. The molecule has 1 aliphatic rings. The summed E-state index contributed by atoms with van der Waals surface area (Å²) in [5.74, 6) is 1.09. The molecule has 34 heavy (non-hydrogen) atoms. The van der Waals surface area contributed by atoms with Gasteiger partial charge in [-0.15, -0.1) is 0 Å². The quantitative estimate of drug-likeness (QED) is 0.314. The van der Waals surface area contributed by atoms with Crippen LogP contribution in [0.15, 0.2) is 90.8 Å². The van der Waals surface area contributed by atoms with Gasteiger partial charge >= 0.3 is 5.97 Å². The van der Waals surface area contributed by atoms with E-state index in [1.54, 1.807) is 55.7 Å². The van der Waals surface area contributed by atoms with Crippen molar-refractivity contribution < 1.29 is 23.7 Å². The van der Waals surface area contributed by atoms with Gasteiger partial charge in [0.05, 0.1) is 18.6 Å². The maximum absolute atomic E-state index is 12.6. The summed E-state index contributed by atoms with van der Waals surface area (Å²) in [7, 11) is 1.59. The predicted molar refractivity (Wildman–Crippen MR) is 126 cm³/mol. The topological polar surface area (TPSA) is 104 Å². The highest BCUT2D eigenvalue weighted by Crippen LogP contribution is 2.43. The molecule has 0 radical (unpaired) electrons. The minimum Gasteiger partial charge on any atom is -0.497 e. The number of hydrogen-bond donors (Lipinski definition) is 1. The van der Waals surface area contributed by atoms with Crippen molar-refractivity contribution in [2.45, 2.75) is 5.92 Å². The van der Waals surface area contributed by atoms with Crippen molar-refractivity contribution in [1.82, 2.24) is 0 Å². The van der Waals surface area contributed by atoms with Gasteiger partial charge in [0.1, 0.15) is 41.2 Å². The van der Waals surface area contributed by atoms with Crippen molar-refractivity contribution in [3.63, 3.8) is 0 Å². The van der Waals surface area contributed by atoms with Gasteiger partial charge in [-0.25, -0.2) is 4.79 Å². The van der Waals surface area contributed by atoms with Gasteiger partial charge < -0.3 is 24.7 Å². The van der Waals surface area contributed by atoms with E-state index in [0.29, 0.717) is 35.0 Å². The molecule has 0 aromatic heterocycles. The molecule has 0 saturated carbocycles. The van der Waals surface area contributed by atoms with E-state index in [9.17, 15) is 10.1 Å². The van der Waals surface area contributed by atoms with Crippen LogP contribution >= 0.6 is 0 Å². The standard InChI is InChI=1S/C27H22N2O5/c1-3-14-32-20-10-6-18(7-11-20)27(30)33-21-12-13-22-24(15-21)34-26(29)23(16-28)25(22)17-4-8-19(31-2)9-5-17/h3-13,15,25H,1,14,29H2,2H3. The fraction of sp³-hybridized carbons (Fsp3) is 0.111. The molecule has 0 spiro atoms. The Morgan fingerprint density at radius 2 is 1.76 bits per heavy atom. The van der Waals surface area contributed by atoms with Crippen molar-refractivity contribution in [2.24, 2.45) is 5.73 Å². The molecule has 7 heteroatoms. The monoisotopic (exact) mass is 454 g/mol. The van der Waals surface area contributed by atoms with Crippen molar-refractivity contribution in [3.05, 3.63) is 108 Å². The van der Waals surface area contributed by atoms with Crippen LogP contribution in [0.25, 0.3) is 0 Å². The molecule has 2 N–H and O–H groups in total. The molecule has 0 bridgehead atoms. The van der Waals surface area contributed by atoms with E-state index in [1.807, 2.05) is 24.3 Å². The Kier molecular flexibility index (Phi) is 6.51. The Balaban J connectivity index is 1.59. The fourth-order valence-corrected chi connectivity index (χ4v) is 3.65. The normalized spacial score (nSPS) is 14.3. The molecule has 1 heterocycles. The zero-order valence-corrected chi connectivity index (χ0v) is 18.5. The first-order chi connectivity index (χ1) is 16.5. The zero-order valence-electron chi connectivity index (χ0n) is 18.5. The number of carbonyl (C=O) groups is 1. The van der Waals surface area contributed by atoms with Gasteiger partial charge in [0.25, 0.3) is 0 Å². The highest BCUT2D eigenvalue weighted by molar-refractivity contribution is 5.91. The third-order valence-electron chi connectivity index (χ3n) is 5.31. The van der Waals surface area contributed by atoms with Crippen LogP contribution in [-0.2, 0) is 0 Å². The van der Waals surface area contributed by atoms with Gasteiger partial charge in [0.15, 0.2) is 0 Å². The van der Waals surface area contributed by atoms with Crippen molar-refractivity contribution in [3.8, 4) is 29.1 Å². The van der Waals surface area contributed by atoms with Gasteiger partial charge in [0, 0.05) is 11.6 Å². The molecule has 3 aromatic carbocycles. The summed E-state index contributed by atoms with van der Waals surface area (Å²) in [6.07, 6.45) is 1.64. The molecule has 1 atom stereocenters. The average Bonchev–Trinajstić information content (AvgIpc) is 2.87. The lowest BCUT2D eigenvalue weighted by molar-refractivity contribution is 0.0734. The highest BCUT2D eigenvalue weighted by Gasteiger charge is 2.31. The number of allylic oxidation sites excluding steroid dienone is 1. The number of esters is 1. The van der Waals surface area contributed by atoms with E-state index >= 15 is 0 Å². The first-order valence-corrected chi connectivity index (χ1v) is 10.5. The van der Waals surface area contributed by atoms with E-state index in [0.717, 1.165) is 11.1 Å².